The zero-order valence-corrected chi connectivity index (χ0v) is 57.0. The zero-order valence-electron chi connectivity index (χ0n) is 55.2. The summed E-state index contributed by atoms with van der Waals surface area (Å²) < 4.78 is 85.2. The maximum atomic E-state index is 16.1. The van der Waals surface area contributed by atoms with Crippen molar-refractivity contribution in [2.45, 2.75) is 141 Å². The van der Waals surface area contributed by atoms with Crippen molar-refractivity contribution in [2.75, 3.05) is 53.7 Å². The lowest BCUT2D eigenvalue weighted by molar-refractivity contribution is -0.0936. The first-order valence-corrected chi connectivity index (χ1v) is 35.0. The summed E-state index contributed by atoms with van der Waals surface area (Å²) in [7, 11) is -3.37. The highest BCUT2D eigenvalue weighted by molar-refractivity contribution is 7.51. The summed E-state index contributed by atoms with van der Waals surface area (Å²) in [5.74, 6) is 1.11. The topological polar surface area (TPSA) is 287 Å². The monoisotopic (exact) mass is 1350 g/mol. The second kappa shape index (κ2) is 32.4. The van der Waals surface area contributed by atoms with Crippen LogP contribution in [0.4, 0.5) is 4.79 Å². The van der Waals surface area contributed by atoms with Gasteiger partial charge < -0.3 is 42.8 Å². The van der Waals surface area contributed by atoms with Crippen LogP contribution in [-0.4, -0.2) is 120 Å². The van der Waals surface area contributed by atoms with Crippen LogP contribution < -0.4 is 42.4 Å². The summed E-state index contributed by atoms with van der Waals surface area (Å²) in [5.41, 5.74) is 3.09. The summed E-state index contributed by atoms with van der Waals surface area (Å²) in [6.45, 7) is 11.0. The van der Waals surface area contributed by atoms with Gasteiger partial charge in [-0.25, -0.2) is 28.7 Å². The summed E-state index contributed by atoms with van der Waals surface area (Å²) >= 11 is 0. The highest BCUT2D eigenvalue weighted by Crippen LogP contribution is 2.53. The minimum absolute atomic E-state index is 0.0446. The quantitative estimate of drug-likeness (QED) is 0.0173. The SMILES string of the molecule is COc1ccc(C(OC[C@H]2O[C@@H](n3cc(C)c(=O)[nH]c3=O)C[C@@H]2O[P@](=O)(NCCCCCNC(=O)OCC2c3ccccc3-c3ccccc32)OC[C@H]2O[C@@H](n3cc(C)c(=O)[nH]c3=O)C[C@@H]2OP(OCCC#N)N(C(C)C)C(C)C)(c2ccccc2)c2ccc(OC)cc2)cc1. The lowest BCUT2D eigenvalue weighted by Gasteiger charge is -2.37. The molecule has 1 amide bonds. The van der Waals surface area contributed by atoms with Gasteiger partial charge in [0.1, 0.15) is 54.5 Å². The van der Waals surface area contributed by atoms with Gasteiger partial charge in [-0.15, -0.1) is 0 Å². The van der Waals surface area contributed by atoms with Crippen molar-refractivity contribution in [3.63, 3.8) is 0 Å². The fraction of sp³-hybridized carbons (Fsp3) is 0.429. The molecule has 510 valence electrons. The number of methoxy groups -OCH3 is 2. The van der Waals surface area contributed by atoms with Crippen molar-refractivity contribution in [1.82, 2.24) is 34.2 Å². The van der Waals surface area contributed by atoms with Crippen molar-refractivity contribution in [3.05, 3.63) is 220 Å². The summed E-state index contributed by atoms with van der Waals surface area (Å²) in [5, 5.41) is 15.5. The number of ether oxygens (including phenoxy) is 6. The number of nitrogens with zero attached hydrogens (tertiary/aromatic N) is 4. The molecule has 0 saturated carbocycles. The Morgan fingerprint density at radius 1 is 0.688 bits per heavy atom. The molecule has 0 radical (unpaired) electrons. The van der Waals surface area contributed by atoms with Crippen LogP contribution in [0.5, 0.6) is 11.5 Å². The molecule has 10 rings (SSSR count). The molecule has 3 aliphatic rings. The van der Waals surface area contributed by atoms with Gasteiger partial charge in [-0.05, 0) is 118 Å². The lowest BCUT2D eigenvalue weighted by atomic mass is 9.80. The van der Waals surface area contributed by atoms with Crippen LogP contribution in [0, 0.1) is 25.2 Å². The minimum Gasteiger partial charge on any atom is -0.497 e. The number of nitrogens with one attached hydrogen (secondary N) is 4. The molecular formula is C70H84N8O16P2. The third-order valence-electron chi connectivity index (χ3n) is 17.3. The number of rotatable bonds is 32. The molecule has 1 aliphatic carbocycles. The molecule has 2 fully saturated rings. The molecule has 8 atom stereocenters. The molecule has 0 spiro atoms. The molecule has 4 N–H and O–H groups in total. The van der Waals surface area contributed by atoms with Gasteiger partial charge in [-0.1, -0.05) is 110 Å². The molecule has 96 heavy (non-hydrogen) atoms. The Bertz CT molecular complexity index is 4000. The molecule has 26 heteroatoms. The Morgan fingerprint density at radius 2 is 1.20 bits per heavy atom. The minimum atomic E-state index is -4.62. The number of nitriles is 1. The van der Waals surface area contributed by atoms with Crippen LogP contribution >= 0.6 is 16.3 Å². The third-order valence-corrected chi connectivity index (χ3v) is 21.1. The predicted molar refractivity (Wildman–Crippen MR) is 361 cm³/mol. The second-order valence-electron chi connectivity index (χ2n) is 24.4. The van der Waals surface area contributed by atoms with Crippen LogP contribution in [0.25, 0.3) is 11.1 Å². The Labute approximate surface area is 558 Å². The molecular weight excluding hydrogens is 1270 g/mol. The molecule has 4 heterocycles. The van der Waals surface area contributed by atoms with Crippen LogP contribution in [-0.2, 0) is 47.2 Å². The summed E-state index contributed by atoms with van der Waals surface area (Å²) in [6, 6.07) is 42.7. The Balaban J connectivity index is 0.946. The lowest BCUT2D eigenvalue weighted by Crippen LogP contribution is -2.39. The highest BCUT2D eigenvalue weighted by Gasteiger charge is 2.48. The average molecular weight is 1360 g/mol. The van der Waals surface area contributed by atoms with Gasteiger partial charge in [0.25, 0.3) is 19.6 Å². The summed E-state index contributed by atoms with van der Waals surface area (Å²) in [6.07, 6.45) is -2.62. The Morgan fingerprint density at radius 3 is 1.74 bits per heavy atom. The molecule has 2 saturated heterocycles. The van der Waals surface area contributed by atoms with E-state index >= 15 is 4.57 Å². The van der Waals surface area contributed by atoms with Gasteiger partial charge in [-0.3, -0.25) is 37.7 Å². The van der Waals surface area contributed by atoms with Crippen LogP contribution in [0.1, 0.15) is 124 Å². The second-order valence-corrected chi connectivity index (χ2v) is 27.5. The van der Waals surface area contributed by atoms with Gasteiger partial charge >= 0.3 is 25.2 Å². The van der Waals surface area contributed by atoms with E-state index in [1.54, 1.807) is 28.1 Å². The highest BCUT2D eigenvalue weighted by atomic mass is 31.2. The van der Waals surface area contributed by atoms with Crippen molar-refractivity contribution in [3.8, 4) is 28.7 Å². The van der Waals surface area contributed by atoms with Crippen molar-refractivity contribution < 1.29 is 55.9 Å². The number of aryl methyl sites for hydroxylation is 2. The van der Waals surface area contributed by atoms with E-state index < -0.39 is 93.9 Å². The molecule has 7 aromatic rings. The number of carbonyl (C=O) groups is 1. The number of H-pyrrole nitrogens is 2. The van der Waals surface area contributed by atoms with Gasteiger partial charge in [0.2, 0.25) is 0 Å². The van der Waals surface area contributed by atoms with E-state index in [4.69, 9.17) is 46.5 Å². The van der Waals surface area contributed by atoms with Gasteiger partial charge in [0.15, 0.2) is 0 Å². The normalized spacial score (nSPS) is 19.4. The predicted octanol–water partition coefficient (Wildman–Crippen LogP) is 10.8. The number of amides is 1. The van der Waals surface area contributed by atoms with Gasteiger partial charge in [-0.2, -0.15) is 5.26 Å². The van der Waals surface area contributed by atoms with Crippen LogP contribution in [0.15, 0.2) is 159 Å². The number of fused-ring (bicyclic) bond motifs is 3. The Kier molecular flexibility index (Phi) is 24.0. The number of hydrogen-bond donors (Lipinski definition) is 4. The molecule has 2 aromatic heterocycles. The van der Waals surface area contributed by atoms with E-state index in [2.05, 4.69) is 50.7 Å². The van der Waals surface area contributed by atoms with E-state index in [0.717, 1.165) is 27.8 Å². The molecule has 5 aromatic carbocycles. The fourth-order valence-electron chi connectivity index (χ4n) is 12.5. The first kappa shape index (κ1) is 70.9. The van der Waals surface area contributed by atoms with E-state index in [1.165, 1.54) is 21.5 Å². The number of benzene rings is 5. The molecule has 24 nitrogen and oxygen atoms in total. The van der Waals surface area contributed by atoms with Crippen LogP contribution in [0.2, 0.25) is 0 Å². The first-order chi connectivity index (χ1) is 46.3. The number of hydrogen-bond acceptors (Lipinski definition) is 18. The maximum Gasteiger partial charge on any atom is 0.407 e. The number of aromatic nitrogens is 4. The average Bonchev–Trinajstić information content (AvgIpc) is 1.13. The van der Waals surface area contributed by atoms with Crippen molar-refractivity contribution in [2.24, 2.45) is 0 Å². The molecule has 0 bridgehead atoms. The van der Waals surface area contributed by atoms with Crippen molar-refractivity contribution >= 4 is 22.4 Å². The molecule has 2 aliphatic heterocycles. The van der Waals surface area contributed by atoms with E-state index in [-0.39, 0.29) is 81.3 Å². The van der Waals surface area contributed by atoms with Crippen molar-refractivity contribution in [1.29, 1.82) is 5.26 Å². The fourth-order valence-corrected chi connectivity index (χ4v) is 15.8. The standard InChI is InChI=1S/C70H84N8O16P2/c1-45(2)78(46(3)4)95(89-37-19-34-71)93-59-38-63(76-40-47(5)65(79)74-67(76)81)92-62(59)44-90-96(84,73-36-18-10-17-35-72-69(83)87-42-58-56-24-15-13-22-54(56)55-23-14-16-25-57(55)58)94-60-39-64(77-41-48(6)66(80)75-68(77)82)91-61(60)43-88-70(49-20-11-9-12-21-49,50-26-30-52(85-7)31-27-50)51-28-32-53(86-8)33-29-51/h9,11-16,20-33,40-41,45-46,58-64H,10,17-19,35-39,42-44H2,1-8H3,(H,72,83)(H,73,84)(H,74,79,81)(H,75,80,82)/t59-,60-,61+,62+,63+,64+,95?,96-/m0/s1. The van der Waals surface area contributed by atoms with E-state index in [1.807, 2.05) is 135 Å². The number of aromatic amines is 2. The third kappa shape index (κ3) is 16.6. The number of carbonyl (C=O) groups excluding carboxylic acids is 1. The van der Waals surface area contributed by atoms with Crippen LogP contribution in [0.3, 0.4) is 0 Å². The number of unbranched alkanes of at least 4 members (excludes halogenated alkanes) is 2. The van der Waals surface area contributed by atoms with E-state index in [9.17, 15) is 29.2 Å². The molecule has 1 unspecified atom stereocenters. The maximum absolute atomic E-state index is 16.1. The first-order valence-electron chi connectivity index (χ1n) is 32.3. The summed E-state index contributed by atoms with van der Waals surface area (Å²) in [4.78, 5) is 70.7. The van der Waals surface area contributed by atoms with E-state index in [0.29, 0.717) is 41.9 Å². The smallest absolute Gasteiger partial charge is 0.407 e. The Hall–Kier alpha value is -7.88. The van der Waals surface area contributed by atoms with Gasteiger partial charge in [0.05, 0.1) is 52.6 Å². The number of alkyl carbamates (subject to hydrolysis) is 1. The zero-order chi connectivity index (χ0) is 68.1. The van der Waals surface area contributed by atoms with Gasteiger partial charge in [0, 0.05) is 67.5 Å². The largest absolute Gasteiger partial charge is 0.497 e.